The molecule has 0 spiro atoms. The van der Waals surface area contributed by atoms with Gasteiger partial charge in [-0.05, 0) is 109 Å². The number of alkyl halides is 6. The molecule has 0 radical (unpaired) electrons. The lowest BCUT2D eigenvalue weighted by Crippen LogP contribution is -2.53. The molecule has 3 aromatic rings. The van der Waals surface area contributed by atoms with Gasteiger partial charge in [-0.25, -0.2) is 9.78 Å². The van der Waals surface area contributed by atoms with Crippen molar-refractivity contribution < 1.29 is 45.3 Å². The Bertz CT molecular complexity index is 1510. The number of aromatic nitrogens is 1. The van der Waals surface area contributed by atoms with Crippen LogP contribution < -0.4 is 4.74 Å². The van der Waals surface area contributed by atoms with Crippen LogP contribution in [0.5, 0.6) is 5.75 Å². The zero-order valence-corrected chi connectivity index (χ0v) is 27.4. The minimum Gasteiger partial charge on any atom is -0.493 e. The Hall–Kier alpha value is -3.32. The zero-order chi connectivity index (χ0) is 34.1. The van der Waals surface area contributed by atoms with E-state index < -0.39 is 46.4 Å². The monoisotopic (exact) mass is 672 g/mol. The fourth-order valence-corrected chi connectivity index (χ4v) is 6.30. The minimum atomic E-state index is -4.68. The first-order valence-corrected chi connectivity index (χ1v) is 15.7. The Kier molecular flexibility index (Phi) is 10.1. The molecule has 0 aliphatic carbocycles. The second kappa shape index (κ2) is 13.1. The van der Waals surface area contributed by atoms with Crippen molar-refractivity contribution in [3.63, 3.8) is 0 Å². The van der Waals surface area contributed by atoms with Crippen molar-refractivity contribution in [2.45, 2.75) is 96.4 Å². The number of benzene rings is 2. The normalized spacial score (nSPS) is 18.6. The molecule has 1 atom stereocenters. The Balaban J connectivity index is 1.42. The van der Waals surface area contributed by atoms with Crippen molar-refractivity contribution in [1.29, 1.82) is 0 Å². The number of carbonyl (C=O) groups excluding carboxylic acids is 1. The summed E-state index contributed by atoms with van der Waals surface area (Å²) in [6.45, 7) is 10.7. The first-order chi connectivity index (χ1) is 21.2. The van der Waals surface area contributed by atoms with E-state index in [4.69, 9.17) is 14.2 Å². The number of hydrogen-bond donors (Lipinski definition) is 0. The lowest BCUT2D eigenvalue weighted by molar-refractivity contribution is -0.139. The molecule has 1 saturated heterocycles. The molecule has 1 aliphatic rings. The summed E-state index contributed by atoms with van der Waals surface area (Å²) in [7, 11) is 0. The Morgan fingerprint density at radius 2 is 1.63 bits per heavy atom. The van der Waals surface area contributed by atoms with E-state index in [0.717, 1.165) is 23.8 Å². The van der Waals surface area contributed by atoms with Crippen LogP contribution in [-0.4, -0.2) is 40.5 Å². The summed E-state index contributed by atoms with van der Waals surface area (Å²) in [6, 6.07) is 8.80. The molecule has 252 valence electrons. The van der Waals surface area contributed by atoms with E-state index in [1.165, 1.54) is 46.7 Å². The average molecular weight is 673 g/mol. The van der Waals surface area contributed by atoms with Crippen LogP contribution in [0.2, 0.25) is 0 Å². The van der Waals surface area contributed by atoms with Gasteiger partial charge in [0.1, 0.15) is 27.6 Å². The molecular formula is C33H38F6N2O4S. The van der Waals surface area contributed by atoms with Crippen LogP contribution in [0.4, 0.5) is 31.1 Å². The van der Waals surface area contributed by atoms with Crippen LogP contribution in [-0.2, 0) is 33.8 Å². The molecule has 0 N–H and O–H groups in total. The summed E-state index contributed by atoms with van der Waals surface area (Å²) in [5, 5.41) is 0.490. The SMILES string of the molecule is CC(C)(C)OC(=O)N1C(C)(C)OC[C@@]1(C)c1ncc(-c2ccc(OCCCCCc3ccc(C(F)(F)F)cc3)c(C(F)(F)F)c2)s1. The molecule has 1 aliphatic heterocycles. The van der Waals surface area contributed by atoms with E-state index in [1.807, 2.05) is 0 Å². The molecule has 2 aromatic carbocycles. The number of carbonyl (C=O) groups is 1. The lowest BCUT2D eigenvalue weighted by Gasteiger charge is -2.39. The quantitative estimate of drug-likeness (QED) is 0.167. The van der Waals surface area contributed by atoms with Gasteiger partial charge in [-0.15, -0.1) is 11.3 Å². The first-order valence-electron chi connectivity index (χ1n) is 14.8. The van der Waals surface area contributed by atoms with Crippen molar-refractivity contribution in [3.05, 3.63) is 70.4 Å². The molecule has 2 heterocycles. The van der Waals surface area contributed by atoms with E-state index in [0.29, 0.717) is 41.1 Å². The molecule has 46 heavy (non-hydrogen) atoms. The second-order valence-corrected chi connectivity index (χ2v) is 13.9. The van der Waals surface area contributed by atoms with Crippen molar-refractivity contribution in [2.75, 3.05) is 13.2 Å². The maximum absolute atomic E-state index is 14.1. The van der Waals surface area contributed by atoms with Crippen LogP contribution in [0.25, 0.3) is 10.4 Å². The van der Waals surface area contributed by atoms with Gasteiger partial charge in [0.05, 0.1) is 29.2 Å². The largest absolute Gasteiger partial charge is 0.493 e. The van der Waals surface area contributed by atoms with E-state index in [2.05, 4.69) is 4.98 Å². The fourth-order valence-electron chi connectivity index (χ4n) is 5.26. The van der Waals surface area contributed by atoms with Crippen molar-refractivity contribution in [2.24, 2.45) is 0 Å². The highest BCUT2D eigenvalue weighted by molar-refractivity contribution is 7.15. The molecule has 1 aromatic heterocycles. The van der Waals surface area contributed by atoms with Crippen LogP contribution in [0, 0.1) is 0 Å². The van der Waals surface area contributed by atoms with Gasteiger partial charge in [0, 0.05) is 6.20 Å². The smallest absolute Gasteiger partial charge is 0.419 e. The molecule has 1 fully saturated rings. The second-order valence-electron chi connectivity index (χ2n) is 12.9. The number of rotatable bonds is 9. The predicted octanol–water partition coefficient (Wildman–Crippen LogP) is 9.86. The van der Waals surface area contributed by atoms with Crippen molar-refractivity contribution in [1.82, 2.24) is 9.88 Å². The van der Waals surface area contributed by atoms with Crippen LogP contribution in [0.1, 0.15) is 82.5 Å². The van der Waals surface area contributed by atoms with Gasteiger partial charge in [0.25, 0.3) is 0 Å². The number of hydrogen-bond acceptors (Lipinski definition) is 6. The average Bonchev–Trinajstić information content (AvgIpc) is 3.52. The van der Waals surface area contributed by atoms with E-state index in [9.17, 15) is 31.1 Å². The first kappa shape index (κ1) is 35.5. The molecular weight excluding hydrogens is 634 g/mol. The van der Waals surface area contributed by atoms with Crippen LogP contribution in [0.15, 0.2) is 48.7 Å². The number of halogens is 6. The minimum absolute atomic E-state index is 0.0504. The van der Waals surface area contributed by atoms with Gasteiger partial charge in [-0.1, -0.05) is 12.1 Å². The number of thiazole rings is 1. The van der Waals surface area contributed by atoms with Gasteiger partial charge in [0.2, 0.25) is 0 Å². The summed E-state index contributed by atoms with van der Waals surface area (Å²) in [5.74, 6) is -0.294. The summed E-state index contributed by atoms with van der Waals surface area (Å²) in [4.78, 5) is 19.7. The highest BCUT2D eigenvalue weighted by Gasteiger charge is 2.55. The molecule has 13 heteroatoms. The highest BCUT2D eigenvalue weighted by atomic mass is 32.1. The third-order valence-electron chi connectivity index (χ3n) is 7.50. The summed E-state index contributed by atoms with van der Waals surface area (Å²) in [6.07, 6.45) is -5.86. The van der Waals surface area contributed by atoms with Crippen molar-refractivity contribution >= 4 is 17.4 Å². The molecule has 1 amide bonds. The number of aryl methyl sites for hydroxylation is 1. The fraction of sp³-hybridized carbons (Fsp3) is 0.515. The van der Waals surface area contributed by atoms with Gasteiger partial charge >= 0.3 is 18.4 Å². The number of amides is 1. The van der Waals surface area contributed by atoms with Gasteiger partial charge in [0.15, 0.2) is 0 Å². The third kappa shape index (κ3) is 8.33. The summed E-state index contributed by atoms with van der Waals surface area (Å²) >= 11 is 1.17. The summed E-state index contributed by atoms with van der Waals surface area (Å²) < 4.78 is 97.6. The van der Waals surface area contributed by atoms with Crippen LogP contribution >= 0.6 is 11.3 Å². The topological polar surface area (TPSA) is 60.9 Å². The highest BCUT2D eigenvalue weighted by Crippen LogP contribution is 2.46. The third-order valence-corrected chi connectivity index (χ3v) is 8.80. The number of nitrogens with zero attached hydrogens (tertiary/aromatic N) is 2. The lowest BCUT2D eigenvalue weighted by atomic mass is 10.0. The summed E-state index contributed by atoms with van der Waals surface area (Å²) in [5.41, 5.74) is -3.35. The standard InChI is InChI=1S/C33H38F6N2O4S/c1-29(2,3)45-28(42)41-30(4,5)44-20-31(41,6)27-40-19-26(46-27)22-13-16-25(24(18-22)33(37,38)39)43-17-9-7-8-10-21-11-14-23(15-12-21)32(34,35)36/h11-16,18-19H,7-10,17,20H2,1-6H3/t31-/m0/s1. The van der Waals surface area contributed by atoms with Crippen molar-refractivity contribution in [3.8, 4) is 16.2 Å². The molecule has 0 saturated carbocycles. The number of ether oxygens (including phenoxy) is 3. The van der Waals surface area contributed by atoms with E-state index in [-0.39, 0.29) is 19.0 Å². The van der Waals surface area contributed by atoms with E-state index >= 15 is 0 Å². The van der Waals surface area contributed by atoms with Gasteiger partial charge < -0.3 is 14.2 Å². The molecule has 0 bridgehead atoms. The predicted molar refractivity (Wildman–Crippen MR) is 163 cm³/mol. The maximum atomic E-state index is 14.1. The number of unbranched alkanes of at least 4 members (excludes halogenated alkanes) is 2. The Morgan fingerprint density at radius 3 is 2.24 bits per heavy atom. The molecule has 4 rings (SSSR count). The van der Waals surface area contributed by atoms with Gasteiger partial charge in [-0.2, -0.15) is 26.3 Å². The molecule has 6 nitrogen and oxygen atoms in total. The maximum Gasteiger partial charge on any atom is 0.419 e. The van der Waals surface area contributed by atoms with Gasteiger partial charge in [-0.3, -0.25) is 4.90 Å². The van der Waals surface area contributed by atoms with E-state index in [1.54, 1.807) is 41.5 Å². The zero-order valence-electron chi connectivity index (χ0n) is 26.6. The van der Waals surface area contributed by atoms with Crippen LogP contribution in [0.3, 0.4) is 0 Å². The Morgan fingerprint density at radius 1 is 0.957 bits per heavy atom. The Labute approximate surface area is 268 Å². The molecule has 0 unspecified atom stereocenters.